The predicted octanol–water partition coefficient (Wildman–Crippen LogP) is 4.60. The zero-order valence-corrected chi connectivity index (χ0v) is 18.8. The maximum atomic E-state index is 5.64. The van der Waals surface area contributed by atoms with Crippen LogP contribution in [0.5, 0.6) is 5.75 Å². The highest BCUT2D eigenvalue weighted by Crippen LogP contribution is 2.25. The van der Waals surface area contributed by atoms with Gasteiger partial charge in [-0.3, -0.25) is 9.88 Å². The fourth-order valence-corrected chi connectivity index (χ4v) is 4.52. The number of anilines is 1. The quantitative estimate of drug-likeness (QED) is 0.464. The first-order chi connectivity index (χ1) is 15.7. The number of pyridine rings is 1. The van der Waals surface area contributed by atoms with Crippen LogP contribution >= 0.6 is 0 Å². The highest BCUT2D eigenvalue weighted by Gasteiger charge is 2.19. The van der Waals surface area contributed by atoms with Gasteiger partial charge in [0.1, 0.15) is 5.75 Å². The minimum atomic E-state index is 0.656. The van der Waals surface area contributed by atoms with Gasteiger partial charge < -0.3 is 9.64 Å². The molecule has 164 valence electrons. The van der Waals surface area contributed by atoms with Gasteiger partial charge in [0.05, 0.1) is 23.3 Å². The van der Waals surface area contributed by atoms with Crippen molar-refractivity contribution in [3.8, 4) is 5.75 Å². The van der Waals surface area contributed by atoms with Gasteiger partial charge in [-0.2, -0.15) is 0 Å². The molecule has 1 aliphatic rings. The largest absolute Gasteiger partial charge is 0.494 e. The fourth-order valence-electron chi connectivity index (χ4n) is 4.52. The Morgan fingerprint density at radius 3 is 2.75 bits per heavy atom. The third kappa shape index (κ3) is 4.23. The summed E-state index contributed by atoms with van der Waals surface area (Å²) in [5.74, 6) is 1.70. The molecule has 0 saturated carbocycles. The highest BCUT2D eigenvalue weighted by atomic mass is 16.5. The number of nitrogens with zero attached hydrogens (tertiary/aromatic N) is 5. The standard InChI is InChI=1S/C26H29N5O/c1-3-32-21-10-11-25-23(17-21)19(2)28-26(29-25)31-14-6-13-30(15-16-31)18-20-7-4-9-24-22(20)8-5-12-27-24/h4-5,7-12,17H,3,6,13-16,18H2,1-2H3. The van der Waals surface area contributed by atoms with Gasteiger partial charge in [0, 0.05) is 49.7 Å². The number of rotatable bonds is 5. The fraction of sp³-hybridized carbons (Fsp3) is 0.346. The van der Waals surface area contributed by atoms with Crippen LogP contribution in [-0.4, -0.2) is 52.6 Å². The molecule has 3 heterocycles. The van der Waals surface area contributed by atoms with Crippen LogP contribution in [0.15, 0.2) is 54.7 Å². The molecule has 4 aromatic rings. The van der Waals surface area contributed by atoms with E-state index >= 15 is 0 Å². The summed E-state index contributed by atoms with van der Waals surface area (Å²) in [6.07, 6.45) is 2.95. The number of fused-ring (bicyclic) bond motifs is 2. The zero-order valence-electron chi connectivity index (χ0n) is 18.8. The Hall–Kier alpha value is -3.25. The SMILES string of the molecule is CCOc1ccc2nc(N3CCCN(Cc4cccc5ncccc45)CC3)nc(C)c2c1. The lowest BCUT2D eigenvalue weighted by Crippen LogP contribution is -2.31. The van der Waals surface area contributed by atoms with E-state index in [0.29, 0.717) is 6.61 Å². The van der Waals surface area contributed by atoms with E-state index in [2.05, 4.69) is 46.0 Å². The maximum absolute atomic E-state index is 5.64. The van der Waals surface area contributed by atoms with Gasteiger partial charge in [0.2, 0.25) is 5.95 Å². The smallest absolute Gasteiger partial charge is 0.226 e. The van der Waals surface area contributed by atoms with Crippen molar-refractivity contribution in [2.24, 2.45) is 0 Å². The summed E-state index contributed by atoms with van der Waals surface area (Å²) >= 11 is 0. The molecule has 0 radical (unpaired) electrons. The molecule has 0 spiro atoms. The monoisotopic (exact) mass is 427 g/mol. The molecule has 32 heavy (non-hydrogen) atoms. The summed E-state index contributed by atoms with van der Waals surface area (Å²) in [4.78, 5) is 19.1. The first-order valence-electron chi connectivity index (χ1n) is 11.4. The predicted molar refractivity (Wildman–Crippen MR) is 129 cm³/mol. The lowest BCUT2D eigenvalue weighted by Gasteiger charge is -2.23. The van der Waals surface area contributed by atoms with Crippen molar-refractivity contribution in [2.45, 2.75) is 26.8 Å². The van der Waals surface area contributed by atoms with E-state index in [1.54, 1.807) is 0 Å². The van der Waals surface area contributed by atoms with Gasteiger partial charge in [-0.1, -0.05) is 18.2 Å². The number of aromatic nitrogens is 3. The molecular formula is C26H29N5O. The summed E-state index contributed by atoms with van der Waals surface area (Å²) in [6.45, 7) is 9.59. The van der Waals surface area contributed by atoms with Gasteiger partial charge in [-0.25, -0.2) is 9.97 Å². The summed E-state index contributed by atoms with van der Waals surface area (Å²) in [6, 6.07) is 16.7. The molecule has 0 unspecified atom stereocenters. The molecule has 0 aliphatic carbocycles. The van der Waals surface area contributed by atoms with E-state index in [9.17, 15) is 0 Å². The Balaban J connectivity index is 1.33. The first kappa shape index (κ1) is 20.6. The summed E-state index contributed by atoms with van der Waals surface area (Å²) in [5.41, 5.74) is 4.37. The van der Waals surface area contributed by atoms with E-state index in [1.165, 1.54) is 10.9 Å². The molecule has 1 aliphatic heterocycles. The van der Waals surface area contributed by atoms with Crippen molar-refractivity contribution >= 4 is 27.8 Å². The van der Waals surface area contributed by atoms with Crippen molar-refractivity contribution in [3.05, 3.63) is 66.0 Å². The molecule has 1 fully saturated rings. The highest BCUT2D eigenvalue weighted by molar-refractivity contribution is 5.83. The average molecular weight is 428 g/mol. The van der Waals surface area contributed by atoms with Crippen LogP contribution in [-0.2, 0) is 6.54 Å². The summed E-state index contributed by atoms with van der Waals surface area (Å²) in [7, 11) is 0. The Kier molecular flexibility index (Phi) is 5.86. The van der Waals surface area contributed by atoms with Crippen molar-refractivity contribution in [1.82, 2.24) is 19.9 Å². The first-order valence-corrected chi connectivity index (χ1v) is 11.4. The Labute approximate surface area is 188 Å². The van der Waals surface area contributed by atoms with E-state index in [-0.39, 0.29) is 0 Å². The number of benzene rings is 2. The lowest BCUT2D eigenvalue weighted by atomic mass is 10.1. The number of ether oxygens (including phenoxy) is 1. The van der Waals surface area contributed by atoms with E-state index in [0.717, 1.165) is 73.0 Å². The Morgan fingerprint density at radius 1 is 0.906 bits per heavy atom. The minimum Gasteiger partial charge on any atom is -0.494 e. The molecule has 0 amide bonds. The average Bonchev–Trinajstić information content (AvgIpc) is 3.05. The summed E-state index contributed by atoms with van der Waals surface area (Å²) in [5, 5.41) is 2.30. The van der Waals surface area contributed by atoms with Crippen LogP contribution in [0.4, 0.5) is 5.95 Å². The maximum Gasteiger partial charge on any atom is 0.226 e. The van der Waals surface area contributed by atoms with Crippen molar-refractivity contribution in [1.29, 1.82) is 0 Å². The van der Waals surface area contributed by atoms with Crippen molar-refractivity contribution in [3.63, 3.8) is 0 Å². The van der Waals surface area contributed by atoms with Gasteiger partial charge in [-0.05, 0) is 56.2 Å². The molecule has 2 aromatic heterocycles. The van der Waals surface area contributed by atoms with Crippen molar-refractivity contribution in [2.75, 3.05) is 37.7 Å². The van der Waals surface area contributed by atoms with Gasteiger partial charge in [0.25, 0.3) is 0 Å². The van der Waals surface area contributed by atoms with Gasteiger partial charge in [-0.15, -0.1) is 0 Å². The van der Waals surface area contributed by atoms with Crippen LogP contribution in [0.2, 0.25) is 0 Å². The second-order valence-electron chi connectivity index (χ2n) is 8.32. The number of aryl methyl sites for hydroxylation is 1. The van der Waals surface area contributed by atoms with Crippen LogP contribution in [0, 0.1) is 6.92 Å². The van der Waals surface area contributed by atoms with Crippen LogP contribution < -0.4 is 9.64 Å². The molecule has 2 aromatic carbocycles. The topological polar surface area (TPSA) is 54.4 Å². The molecule has 1 saturated heterocycles. The van der Waals surface area contributed by atoms with E-state index in [4.69, 9.17) is 14.7 Å². The normalized spacial score (nSPS) is 15.2. The molecule has 0 bridgehead atoms. The Bertz CT molecular complexity index is 1240. The van der Waals surface area contributed by atoms with Gasteiger partial charge >= 0.3 is 0 Å². The number of hydrogen-bond acceptors (Lipinski definition) is 6. The van der Waals surface area contributed by atoms with Gasteiger partial charge in [0.15, 0.2) is 0 Å². The molecular weight excluding hydrogens is 398 g/mol. The van der Waals surface area contributed by atoms with E-state index < -0.39 is 0 Å². The van der Waals surface area contributed by atoms with Crippen LogP contribution in [0.25, 0.3) is 21.8 Å². The second-order valence-corrected chi connectivity index (χ2v) is 8.32. The molecule has 0 N–H and O–H groups in total. The zero-order chi connectivity index (χ0) is 21.9. The third-order valence-electron chi connectivity index (χ3n) is 6.16. The molecule has 6 heteroatoms. The molecule has 5 rings (SSSR count). The lowest BCUT2D eigenvalue weighted by molar-refractivity contribution is 0.286. The molecule has 6 nitrogen and oxygen atoms in total. The van der Waals surface area contributed by atoms with E-state index in [1.807, 2.05) is 37.4 Å². The minimum absolute atomic E-state index is 0.656. The van der Waals surface area contributed by atoms with Crippen molar-refractivity contribution < 1.29 is 4.74 Å². The second kappa shape index (κ2) is 9.09. The Morgan fingerprint density at radius 2 is 1.84 bits per heavy atom. The molecule has 0 atom stereocenters. The van der Waals surface area contributed by atoms with Crippen LogP contribution in [0.3, 0.4) is 0 Å². The summed E-state index contributed by atoms with van der Waals surface area (Å²) < 4.78 is 5.64. The van der Waals surface area contributed by atoms with Crippen LogP contribution in [0.1, 0.15) is 24.6 Å². The number of hydrogen-bond donors (Lipinski definition) is 0. The third-order valence-corrected chi connectivity index (χ3v) is 6.16.